The summed E-state index contributed by atoms with van der Waals surface area (Å²) in [5.74, 6) is -1.68. The number of nitrogens with one attached hydrogen (secondary N) is 1. The first-order valence-corrected chi connectivity index (χ1v) is 4.86. The molecule has 0 bridgehead atoms. The zero-order chi connectivity index (χ0) is 11.0. The van der Waals surface area contributed by atoms with Crippen LogP contribution in [0.25, 0.3) is 0 Å². The van der Waals surface area contributed by atoms with Crippen LogP contribution in [0, 0.1) is 17.6 Å². The minimum absolute atomic E-state index is 0.130. The molecule has 15 heavy (non-hydrogen) atoms. The summed E-state index contributed by atoms with van der Waals surface area (Å²) in [4.78, 5) is 11.4. The van der Waals surface area contributed by atoms with E-state index in [-0.39, 0.29) is 17.5 Å². The van der Waals surface area contributed by atoms with Crippen molar-refractivity contribution >= 4 is 11.6 Å². The summed E-state index contributed by atoms with van der Waals surface area (Å²) in [6.07, 6.45) is 1.13. The number of aryl methyl sites for hydroxylation is 1. The number of fused-ring (bicyclic) bond motifs is 1. The number of hydrogen-bond acceptors (Lipinski definition) is 1. The quantitative estimate of drug-likeness (QED) is 0.701. The Labute approximate surface area is 86.3 Å². The fraction of sp³-hybridized carbons (Fsp3) is 0.364. The molecule has 4 heteroatoms. The van der Waals surface area contributed by atoms with Crippen LogP contribution in [0.15, 0.2) is 12.1 Å². The SMILES string of the molecule is CC1CCc2cc(F)cc(F)c2NC1=O. The van der Waals surface area contributed by atoms with Gasteiger partial charge in [-0.1, -0.05) is 6.92 Å². The Balaban J connectivity index is 2.47. The number of rotatable bonds is 0. The number of amides is 1. The molecule has 1 amide bonds. The standard InChI is InChI=1S/C11H11F2NO/c1-6-2-3-7-4-8(12)5-9(13)10(7)14-11(6)15/h4-6H,2-3H2,1H3,(H,14,15). The lowest BCUT2D eigenvalue weighted by Crippen LogP contribution is -2.18. The monoisotopic (exact) mass is 211 g/mol. The summed E-state index contributed by atoms with van der Waals surface area (Å²) in [7, 11) is 0. The van der Waals surface area contributed by atoms with E-state index in [2.05, 4.69) is 5.32 Å². The second kappa shape index (κ2) is 3.61. The first kappa shape index (κ1) is 10.1. The molecule has 80 valence electrons. The summed E-state index contributed by atoms with van der Waals surface area (Å²) >= 11 is 0. The number of halogens is 2. The van der Waals surface area contributed by atoms with Crippen LogP contribution in [-0.2, 0) is 11.2 Å². The number of carbonyl (C=O) groups is 1. The molecule has 1 atom stereocenters. The molecular formula is C11H11F2NO. The zero-order valence-corrected chi connectivity index (χ0v) is 8.31. The Morgan fingerprint density at radius 1 is 1.40 bits per heavy atom. The largest absolute Gasteiger partial charge is 0.323 e. The minimum atomic E-state index is -0.701. The molecule has 1 heterocycles. The van der Waals surface area contributed by atoms with Gasteiger partial charge in [0.25, 0.3) is 0 Å². The highest BCUT2D eigenvalue weighted by Gasteiger charge is 2.22. The van der Waals surface area contributed by atoms with Crippen LogP contribution in [0.4, 0.5) is 14.5 Å². The van der Waals surface area contributed by atoms with Crippen LogP contribution in [0.2, 0.25) is 0 Å². The van der Waals surface area contributed by atoms with E-state index >= 15 is 0 Å². The van der Waals surface area contributed by atoms with Gasteiger partial charge in [0.1, 0.15) is 11.6 Å². The van der Waals surface area contributed by atoms with Crippen LogP contribution in [-0.4, -0.2) is 5.91 Å². The van der Waals surface area contributed by atoms with Crippen LogP contribution in [0.1, 0.15) is 18.9 Å². The zero-order valence-electron chi connectivity index (χ0n) is 8.31. The molecule has 1 unspecified atom stereocenters. The smallest absolute Gasteiger partial charge is 0.227 e. The molecule has 1 aromatic carbocycles. The highest BCUT2D eigenvalue weighted by atomic mass is 19.1. The van der Waals surface area contributed by atoms with Crippen molar-refractivity contribution in [3.63, 3.8) is 0 Å². The van der Waals surface area contributed by atoms with Crippen molar-refractivity contribution in [2.75, 3.05) is 5.32 Å². The lowest BCUT2D eigenvalue weighted by molar-refractivity contribution is -0.119. The van der Waals surface area contributed by atoms with Gasteiger partial charge in [-0.2, -0.15) is 0 Å². The molecule has 1 aliphatic rings. The van der Waals surface area contributed by atoms with E-state index in [4.69, 9.17) is 0 Å². The molecule has 0 radical (unpaired) electrons. The predicted octanol–water partition coefficient (Wildman–Crippen LogP) is 2.49. The molecule has 0 spiro atoms. The molecule has 2 rings (SSSR count). The number of carbonyl (C=O) groups excluding carboxylic acids is 1. The van der Waals surface area contributed by atoms with Crippen molar-refractivity contribution in [2.45, 2.75) is 19.8 Å². The van der Waals surface area contributed by atoms with Crippen molar-refractivity contribution in [2.24, 2.45) is 5.92 Å². The second-order valence-electron chi connectivity index (χ2n) is 3.85. The molecular weight excluding hydrogens is 200 g/mol. The highest BCUT2D eigenvalue weighted by molar-refractivity contribution is 5.93. The molecule has 0 saturated heterocycles. The predicted molar refractivity (Wildman–Crippen MR) is 52.5 cm³/mol. The summed E-state index contributed by atoms with van der Waals surface area (Å²) in [6.45, 7) is 1.77. The highest BCUT2D eigenvalue weighted by Crippen LogP contribution is 2.27. The molecule has 2 nitrogen and oxygen atoms in total. The molecule has 0 aromatic heterocycles. The van der Waals surface area contributed by atoms with Gasteiger partial charge < -0.3 is 5.32 Å². The summed E-state index contributed by atoms with van der Waals surface area (Å²) < 4.78 is 26.3. The van der Waals surface area contributed by atoms with Gasteiger partial charge in [0.2, 0.25) is 5.91 Å². The maximum atomic E-state index is 13.4. The Bertz CT molecular complexity index is 417. The van der Waals surface area contributed by atoms with E-state index in [1.165, 1.54) is 6.07 Å². The van der Waals surface area contributed by atoms with Crippen LogP contribution >= 0.6 is 0 Å². The van der Waals surface area contributed by atoms with Crippen molar-refractivity contribution in [1.29, 1.82) is 0 Å². The third-order valence-corrected chi connectivity index (χ3v) is 2.68. The molecule has 1 aliphatic heterocycles. The summed E-state index contributed by atoms with van der Waals surface area (Å²) in [5, 5.41) is 2.49. The van der Waals surface area contributed by atoms with Gasteiger partial charge in [0, 0.05) is 12.0 Å². The number of hydrogen-bond donors (Lipinski definition) is 1. The first-order valence-electron chi connectivity index (χ1n) is 4.86. The maximum Gasteiger partial charge on any atom is 0.227 e. The van der Waals surface area contributed by atoms with Gasteiger partial charge >= 0.3 is 0 Å². The van der Waals surface area contributed by atoms with Gasteiger partial charge in [-0.15, -0.1) is 0 Å². The topological polar surface area (TPSA) is 29.1 Å². The molecule has 0 fully saturated rings. The fourth-order valence-electron chi connectivity index (χ4n) is 1.71. The van der Waals surface area contributed by atoms with Crippen LogP contribution < -0.4 is 5.32 Å². The molecule has 1 aromatic rings. The van der Waals surface area contributed by atoms with Gasteiger partial charge in [0.15, 0.2) is 0 Å². The van der Waals surface area contributed by atoms with Crippen molar-refractivity contribution in [3.05, 3.63) is 29.3 Å². The minimum Gasteiger partial charge on any atom is -0.323 e. The maximum absolute atomic E-state index is 13.4. The van der Waals surface area contributed by atoms with Gasteiger partial charge in [0.05, 0.1) is 5.69 Å². The molecule has 0 saturated carbocycles. The normalized spacial score (nSPS) is 20.5. The first-order chi connectivity index (χ1) is 7.08. The van der Waals surface area contributed by atoms with Crippen molar-refractivity contribution in [1.82, 2.24) is 0 Å². The van der Waals surface area contributed by atoms with E-state index in [0.29, 0.717) is 18.4 Å². The Morgan fingerprint density at radius 2 is 2.13 bits per heavy atom. The summed E-state index contributed by atoms with van der Waals surface area (Å²) in [5.41, 5.74) is 0.663. The number of benzene rings is 1. The van der Waals surface area contributed by atoms with E-state index in [0.717, 1.165) is 6.07 Å². The summed E-state index contributed by atoms with van der Waals surface area (Å²) in [6, 6.07) is 2.06. The Hall–Kier alpha value is -1.45. The average molecular weight is 211 g/mol. The van der Waals surface area contributed by atoms with Gasteiger partial charge in [-0.05, 0) is 24.5 Å². The third-order valence-electron chi connectivity index (χ3n) is 2.68. The van der Waals surface area contributed by atoms with E-state index in [1.54, 1.807) is 6.92 Å². The third kappa shape index (κ3) is 1.84. The van der Waals surface area contributed by atoms with E-state index < -0.39 is 11.6 Å². The lowest BCUT2D eigenvalue weighted by atomic mass is 10.0. The lowest BCUT2D eigenvalue weighted by Gasteiger charge is -2.08. The molecule has 0 aliphatic carbocycles. The van der Waals surface area contributed by atoms with Gasteiger partial charge in [-0.25, -0.2) is 8.78 Å². The van der Waals surface area contributed by atoms with Crippen molar-refractivity contribution in [3.8, 4) is 0 Å². The second-order valence-corrected chi connectivity index (χ2v) is 3.85. The fourth-order valence-corrected chi connectivity index (χ4v) is 1.71. The van der Waals surface area contributed by atoms with Crippen LogP contribution in [0.3, 0.4) is 0 Å². The van der Waals surface area contributed by atoms with E-state index in [1.807, 2.05) is 0 Å². The van der Waals surface area contributed by atoms with Gasteiger partial charge in [-0.3, -0.25) is 4.79 Å². The Morgan fingerprint density at radius 3 is 2.87 bits per heavy atom. The Kier molecular flexibility index (Phi) is 2.42. The molecule has 1 N–H and O–H groups in total. The van der Waals surface area contributed by atoms with Crippen LogP contribution in [0.5, 0.6) is 0 Å². The number of anilines is 1. The average Bonchev–Trinajstić information content (AvgIpc) is 2.30. The van der Waals surface area contributed by atoms with Crippen molar-refractivity contribution < 1.29 is 13.6 Å². The van der Waals surface area contributed by atoms with E-state index in [9.17, 15) is 13.6 Å².